The second-order valence-corrected chi connectivity index (χ2v) is 2.94. The van der Waals surface area contributed by atoms with Crippen molar-refractivity contribution < 1.29 is 24.4 Å². The fourth-order valence-electron chi connectivity index (χ4n) is 0.748. The number of hydrogen-bond acceptors (Lipinski definition) is 6. The molecule has 1 rings (SSSR count). The highest BCUT2D eigenvalue weighted by Crippen LogP contribution is 1.84. The van der Waals surface area contributed by atoms with Crippen molar-refractivity contribution in [1.82, 2.24) is 10.8 Å². The van der Waals surface area contributed by atoms with Gasteiger partial charge in [0.25, 0.3) is 17.7 Å². The lowest BCUT2D eigenvalue weighted by molar-refractivity contribution is -0.132. The average Bonchev–Trinajstić information content (AvgIpc) is 2.61. The van der Waals surface area contributed by atoms with Crippen LogP contribution in [0.25, 0.3) is 0 Å². The molecule has 0 radical (unpaired) electrons. The molecule has 9 nitrogen and oxygen atoms in total. The molecule has 17 heavy (non-hydrogen) atoms. The van der Waals surface area contributed by atoms with E-state index >= 15 is 0 Å². The molecule has 1 aliphatic heterocycles. The summed E-state index contributed by atoms with van der Waals surface area (Å²) < 4.78 is 0. The molecular formula is C8H12N4O5. The summed E-state index contributed by atoms with van der Waals surface area (Å²) in [4.78, 5) is 40.5. The molecule has 0 bridgehead atoms. The Hall–Kier alpha value is -2.26. The minimum Gasteiger partial charge on any atom is -0.370 e. The maximum atomic E-state index is 10.4. The molecule has 1 aliphatic rings. The highest BCUT2D eigenvalue weighted by atomic mass is 16.5. The molecule has 0 saturated heterocycles. The molecule has 1 unspecified atom stereocenters. The molecule has 0 fully saturated rings. The van der Waals surface area contributed by atoms with Crippen LogP contribution in [0.15, 0.2) is 12.2 Å². The highest BCUT2D eigenvalue weighted by Gasteiger charge is 2.14. The monoisotopic (exact) mass is 244 g/mol. The van der Waals surface area contributed by atoms with Crippen LogP contribution in [0, 0.1) is 0 Å². The van der Waals surface area contributed by atoms with Crippen molar-refractivity contribution >= 4 is 23.6 Å². The molecule has 9 heteroatoms. The van der Waals surface area contributed by atoms with Crippen molar-refractivity contribution in [2.45, 2.75) is 12.5 Å². The number of nitrogens with one attached hydrogen (secondary N) is 2. The summed E-state index contributed by atoms with van der Waals surface area (Å²) in [5.74, 6) is -2.16. The Bertz CT molecular complexity index is 349. The third kappa shape index (κ3) is 6.76. The van der Waals surface area contributed by atoms with E-state index in [0.29, 0.717) is 0 Å². The summed E-state index contributed by atoms with van der Waals surface area (Å²) in [6.07, 6.45) is 2.12. The van der Waals surface area contributed by atoms with E-state index in [0.717, 1.165) is 0 Å². The Kier molecular flexibility index (Phi) is 6.14. The fraction of sp³-hybridized carbons (Fsp3) is 0.250. The molecule has 4 amide bonds. The van der Waals surface area contributed by atoms with Crippen LogP contribution >= 0.6 is 0 Å². The minimum atomic E-state index is -1.07. The minimum absolute atomic E-state index is 0.271. The molecule has 0 saturated carbocycles. The molecule has 94 valence electrons. The number of hydroxylamine groups is 1. The summed E-state index contributed by atoms with van der Waals surface area (Å²) in [6, 6.07) is -1.07. The fourth-order valence-corrected chi connectivity index (χ4v) is 0.748. The first-order valence-electron chi connectivity index (χ1n) is 4.37. The van der Waals surface area contributed by atoms with E-state index in [1.807, 2.05) is 5.32 Å². The molecule has 7 N–H and O–H groups in total. The van der Waals surface area contributed by atoms with Gasteiger partial charge >= 0.3 is 0 Å². The van der Waals surface area contributed by atoms with Crippen molar-refractivity contribution in [3.05, 3.63) is 12.2 Å². The number of hydrogen-bond donors (Lipinski definition) is 5. The second kappa shape index (κ2) is 7.09. The Morgan fingerprint density at radius 3 is 2.06 bits per heavy atom. The third-order valence-corrected chi connectivity index (χ3v) is 1.50. The lowest BCUT2D eigenvalue weighted by atomic mass is 10.2. The number of rotatable bonds is 3. The zero-order chi connectivity index (χ0) is 13.4. The van der Waals surface area contributed by atoms with E-state index < -0.39 is 17.9 Å². The zero-order valence-corrected chi connectivity index (χ0v) is 8.67. The van der Waals surface area contributed by atoms with Gasteiger partial charge in [-0.15, -0.1) is 0 Å². The van der Waals surface area contributed by atoms with Crippen molar-refractivity contribution in [3.63, 3.8) is 0 Å². The molecule has 0 aromatic carbocycles. The molecule has 1 heterocycles. The van der Waals surface area contributed by atoms with Crippen LogP contribution in [0.5, 0.6) is 0 Å². The van der Waals surface area contributed by atoms with Crippen LogP contribution in [0.3, 0.4) is 0 Å². The predicted octanol–water partition coefficient (Wildman–Crippen LogP) is -3.11. The quantitative estimate of drug-likeness (QED) is 0.200. The lowest BCUT2D eigenvalue weighted by Crippen LogP contribution is -2.41. The van der Waals surface area contributed by atoms with Crippen molar-refractivity contribution in [1.29, 1.82) is 0 Å². The highest BCUT2D eigenvalue weighted by molar-refractivity contribution is 6.12. The largest absolute Gasteiger partial charge is 0.370 e. The number of imide groups is 1. The Morgan fingerprint density at radius 1 is 1.35 bits per heavy atom. The Labute approximate surface area is 95.8 Å². The third-order valence-electron chi connectivity index (χ3n) is 1.50. The second-order valence-electron chi connectivity index (χ2n) is 2.94. The SMILES string of the molecule is NC(=O)CC(N)C(=O)NO.O=C1C=CC(=O)N1. The summed E-state index contributed by atoms with van der Waals surface area (Å²) in [5.41, 5.74) is 11.1. The van der Waals surface area contributed by atoms with Crippen LogP contribution in [-0.2, 0) is 19.2 Å². The first-order valence-corrected chi connectivity index (χ1v) is 4.37. The number of nitrogens with two attached hydrogens (primary N) is 2. The summed E-state index contributed by atoms with van der Waals surface area (Å²) in [5, 5.41) is 10.0. The van der Waals surface area contributed by atoms with Gasteiger partial charge in [0.1, 0.15) is 0 Å². The van der Waals surface area contributed by atoms with Gasteiger partial charge < -0.3 is 11.5 Å². The molecule has 0 aliphatic carbocycles. The van der Waals surface area contributed by atoms with Crippen molar-refractivity contribution in [2.24, 2.45) is 11.5 Å². The van der Waals surface area contributed by atoms with Gasteiger partial charge in [0.15, 0.2) is 0 Å². The summed E-state index contributed by atoms with van der Waals surface area (Å²) in [7, 11) is 0. The lowest BCUT2D eigenvalue weighted by Gasteiger charge is -2.04. The first kappa shape index (κ1) is 14.7. The van der Waals surface area contributed by atoms with E-state index in [1.165, 1.54) is 17.6 Å². The Balaban J connectivity index is 0.000000318. The number of primary amides is 1. The van der Waals surface area contributed by atoms with Gasteiger partial charge in [0.2, 0.25) is 5.91 Å². The molecule has 0 aromatic heterocycles. The summed E-state index contributed by atoms with van der Waals surface area (Å²) in [6.45, 7) is 0. The van der Waals surface area contributed by atoms with Gasteiger partial charge in [-0.3, -0.25) is 29.7 Å². The normalized spacial score (nSPS) is 14.5. The average molecular weight is 244 g/mol. The maximum absolute atomic E-state index is 10.4. The van der Waals surface area contributed by atoms with E-state index in [4.69, 9.17) is 16.7 Å². The standard InChI is InChI=1S/C4H9N3O3.C4H3NO2/c5-2(1-3(6)8)4(9)7-10;6-3-1-2-4(7)5-3/h2,10H,1,5H2,(H2,6,8)(H,7,9);1-2H,(H,5,6,7). The van der Waals surface area contributed by atoms with Crippen LogP contribution < -0.4 is 22.3 Å². The Morgan fingerprint density at radius 2 is 1.82 bits per heavy atom. The van der Waals surface area contributed by atoms with Crippen molar-refractivity contribution in [2.75, 3.05) is 0 Å². The number of carbonyl (C=O) groups is 4. The van der Waals surface area contributed by atoms with Gasteiger partial charge in [-0.2, -0.15) is 0 Å². The van der Waals surface area contributed by atoms with E-state index in [2.05, 4.69) is 0 Å². The van der Waals surface area contributed by atoms with Crippen LogP contribution in [0.1, 0.15) is 6.42 Å². The smallest absolute Gasteiger partial charge is 0.260 e. The number of carbonyl (C=O) groups excluding carboxylic acids is 4. The summed E-state index contributed by atoms with van der Waals surface area (Å²) >= 11 is 0. The van der Waals surface area contributed by atoms with Gasteiger partial charge in [-0.1, -0.05) is 0 Å². The first-order chi connectivity index (χ1) is 7.86. The topological polar surface area (TPSA) is 165 Å². The van der Waals surface area contributed by atoms with Crippen LogP contribution in [-0.4, -0.2) is 34.9 Å². The van der Waals surface area contributed by atoms with Gasteiger partial charge in [-0.05, 0) is 0 Å². The molecule has 1 atom stereocenters. The van der Waals surface area contributed by atoms with E-state index in [1.54, 1.807) is 0 Å². The number of amides is 4. The van der Waals surface area contributed by atoms with Gasteiger partial charge in [0, 0.05) is 12.2 Å². The zero-order valence-electron chi connectivity index (χ0n) is 8.67. The van der Waals surface area contributed by atoms with Crippen LogP contribution in [0.4, 0.5) is 0 Å². The molecule has 0 spiro atoms. The van der Waals surface area contributed by atoms with Gasteiger partial charge in [-0.25, -0.2) is 5.48 Å². The molecular weight excluding hydrogens is 232 g/mol. The van der Waals surface area contributed by atoms with E-state index in [9.17, 15) is 19.2 Å². The maximum Gasteiger partial charge on any atom is 0.260 e. The van der Waals surface area contributed by atoms with Crippen LogP contribution in [0.2, 0.25) is 0 Å². The van der Waals surface area contributed by atoms with Gasteiger partial charge in [0.05, 0.1) is 12.5 Å². The molecule has 0 aromatic rings. The predicted molar refractivity (Wildman–Crippen MR) is 54.0 cm³/mol. The van der Waals surface area contributed by atoms with Crippen molar-refractivity contribution in [3.8, 4) is 0 Å². The van der Waals surface area contributed by atoms with E-state index in [-0.39, 0.29) is 18.2 Å².